The second-order valence-electron chi connectivity index (χ2n) is 5.81. The predicted octanol–water partition coefficient (Wildman–Crippen LogP) is 3.12. The second-order valence-corrected chi connectivity index (χ2v) is 5.81. The van der Waals surface area contributed by atoms with E-state index in [0.717, 1.165) is 17.0 Å². The highest BCUT2D eigenvalue weighted by molar-refractivity contribution is 6.05. The van der Waals surface area contributed by atoms with E-state index in [1.54, 1.807) is 18.3 Å². The highest BCUT2D eigenvalue weighted by atomic mass is 16.1. The zero-order valence-electron chi connectivity index (χ0n) is 14.0. The van der Waals surface area contributed by atoms with Gasteiger partial charge in [-0.2, -0.15) is 5.10 Å². The molecule has 4 rings (SSSR count). The smallest absolute Gasteiger partial charge is 0.255 e. The van der Waals surface area contributed by atoms with Crippen molar-refractivity contribution >= 4 is 11.6 Å². The predicted molar refractivity (Wildman–Crippen MR) is 98.4 cm³/mol. The van der Waals surface area contributed by atoms with Crippen LogP contribution in [-0.2, 0) is 7.05 Å². The first-order valence-electron chi connectivity index (χ1n) is 8.05. The standard InChI is InChI=1S/C19H16N6O/c1-25-9-8-20-18(25)14-5-3-7-16(11-14)23-19(26)15-6-2-4-13(10-15)17-21-12-22-24-17/h2-12H,1H3,(H,23,26)(H,21,22,24). The van der Waals surface area contributed by atoms with Crippen molar-refractivity contribution in [1.29, 1.82) is 0 Å². The highest BCUT2D eigenvalue weighted by Crippen LogP contribution is 2.22. The molecule has 0 unspecified atom stereocenters. The van der Waals surface area contributed by atoms with Gasteiger partial charge in [-0.1, -0.05) is 24.3 Å². The Morgan fingerprint density at radius 1 is 1.08 bits per heavy atom. The van der Waals surface area contributed by atoms with Crippen LogP contribution in [0.25, 0.3) is 22.8 Å². The molecule has 2 N–H and O–H groups in total. The van der Waals surface area contributed by atoms with Crippen LogP contribution in [0.15, 0.2) is 67.3 Å². The summed E-state index contributed by atoms with van der Waals surface area (Å²) in [7, 11) is 1.93. The zero-order valence-corrected chi connectivity index (χ0v) is 14.0. The minimum atomic E-state index is -0.191. The van der Waals surface area contributed by atoms with Crippen LogP contribution in [0.2, 0.25) is 0 Å². The molecule has 7 nitrogen and oxygen atoms in total. The van der Waals surface area contributed by atoms with Crippen molar-refractivity contribution in [2.24, 2.45) is 7.05 Å². The van der Waals surface area contributed by atoms with Gasteiger partial charge >= 0.3 is 0 Å². The number of nitrogens with one attached hydrogen (secondary N) is 2. The monoisotopic (exact) mass is 344 g/mol. The maximum atomic E-state index is 12.6. The summed E-state index contributed by atoms with van der Waals surface area (Å²) in [4.78, 5) is 21.1. The molecule has 26 heavy (non-hydrogen) atoms. The van der Waals surface area contributed by atoms with Crippen molar-refractivity contribution in [1.82, 2.24) is 24.7 Å². The van der Waals surface area contributed by atoms with E-state index < -0.39 is 0 Å². The maximum absolute atomic E-state index is 12.6. The van der Waals surface area contributed by atoms with E-state index in [-0.39, 0.29) is 5.91 Å². The van der Waals surface area contributed by atoms with Gasteiger partial charge in [0.05, 0.1) is 0 Å². The minimum absolute atomic E-state index is 0.191. The van der Waals surface area contributed by atoms with Crippen LogP contribution in [0.1, 0.15) is 10.4 Å². The van der Waals surface area contributed by atoms with Gasteiger partial charge < -0.3 is 9.88 Å². The van der Waals surface area contributed by atoms with Crippen molar-refractivity contribution in [3.05, 3.63) is 72.8 Å². The van der Waals surface area contributed by atoms with Gasteiger partial charge in [-0.15, -0.1) is 0 Å². The van der Waals surface area contributed by atoms with E-state index in [4.69, 9.17) is 0 Å². The number of nitrogens with zero attached hydrogens (tertiary/aromatic N) is 4. The molecule has 0 aliphatic heterocycles. The first-order valence-corrected chi connectivity index (χ1v) is 8.05. The molecule has 4 aromatic rings. The molecule has 0 fully saturated rings. The first kappa shape index (κ1) is 15.8. The molecule has 0 saturated carbocycles. The van der Waals surface area contributed by atoms with E-state index in [1.807, 2.05) is 54.2 Å². The van der Waals surface area contributed by atoms with Gasteiger partial charge in [-0.3, -0.25) is 9.89 Å². The van der Waals surface area contributed by atoms with Crippen LogP contribution < -0.4 is 5.32 Å². The number of carbonyl (C=O) groups is 1. The quantitative estimate of drug-likeness (QED) is 0.595. The van der Waals surface area contributed by atoms with Gasteiger partial charge in [-0.25, -0.2) is 9.97 Å². The fourth-order valence-corrected chi connectivity index (χ4v) is 2.74. The van der Waals surface area contributed by atoms with Crippen molar-refractivity contribution in [3.63, 3.8) is 0 Å². The van der Waals surface area contributed by atoms with Crippen molar-refractivity contribution in [2.45, 2.75) is 0 Å². The first-order chi connectivity index (χ1) is 12.7. The summed E-state index contributed by atoms with van der Waals surface area (Å²) in [5, 5.41) is 9.56. The summed E-state index contributed by atoms with van der Waals surface area (Å²) in [5.41, 5.74) is 2.99. The third-order valence-corrected chi connectivity index (χ3v) is 4.01. The molecule has 0 bridgehead atoms. The van der Waals surface area contributed by atoms with Gasteiger partial charge in [0.25, 0.3) is 5.91 Å². The van der Waals surface area contributed by atoms with E-state index in [1.165, 1.54) is 6.33 Å². The van der Waals surface area contributed by atoms with Gasteiger partial charge in [-0.05, 0) is 24.3 Å². The van der Waals surface area contributed by atoms with E-state index in [9.17, 15) is 4.79 Å². The molecule has 0 saturated heterocycles. The number of aryl methyl sites for hydroxylation is 1. The molecule has 0 spiro atoms. The summed E-state index contributed by atoms with van der Waals surface area (Å²) in [6, 6.07) is 14.8. The molecule has 2 aromatic heterocycles. The Bertz CT molecular complexity index is 1050. The summed E-state index contributed by atoms with van der Waals surface area (Å²) in [6.07, 6.45) is 5.07. The van der Waals surface area contributed by atoms with E-state index >= 15 is 0 Å². The lowest BCUT2D eigenvalue weighted by atomic mass is 10.1. The fraction of sp³-hybridized carbons (Fsp3) is 0.0526. The Hall–Kier alpha value is -3.74. The van der Waals surface area contributed by atoms with Crippen molar-refractivity contribution in [3.8, 4) is 22.8 Å². The number of benzene rings is 2. The number of aromatic amines is 1. The van der Waals surface area contributed by atoms with Crippen LogP contribution in [0.5, 0.6) is 0 Å². The maximum Gasteiger partial charge on any atom is 0.255 e. The average molecular weight is 344 g/mol. The van der Waals surface area contributed by atoms with Crippen LogP contribution >= 0.6 is 0 Å². The summed E-state index contributed by atoms with van der Waals surface area (Å²) in [6.45, 7) is 0. The highest BCUT2D eigenvalue weighted by Gasteiger charge is 2.10. The van der Waals surface area contributed by atoms with Gasteiger partial charge in [0.15, 0.2) is 5.82 Å². The topological polar surface area (TPSA) is 88.5 Å². The second kappa shape index (κ2) is 6.64. The lowest BCUT2D eigenvalue weighted by Crippen LogP contribution is -2.12. The van der Waals surface area contributed by atoms with Crippen LogP contribution in [-0.4, -0.2) is 30.6 Å². The SMILES string of the molecule is Cn1ccnc1-c1cccc(NC(=O)c2cccc(-c3ncn[nH]3)c2)c1. The Kier molecular flexibility index (Phi) is 4.03. The molecule has 0 atom stereocenters. The Balaban J connectivity index is 1.57. The van der Waals surface area contributed by atoms with Crippen molar-refractivity contribution in [2.75, 3.05) is 5.32 Å². The number of amides is 1. The number of anilines is 1. The summed E-state index contributed by atoms with van der Waals surface area (Å²) in [5.74, 6) is 1.27. The number of aromatic nitrogens is 5. The van der Waals surface area contributed by atoms with Crippen LogP contribution in [0, 0.1) is 0 Å². The fourth-order valence-electron chi connectivity index (χ4n) is 2.74. The number of hydrogen-bond donors (Lipinski definition) is 2. The van der Waals surface area contributed by atoms with Gasteiger partial charge in [0.1, 0.15) is 12.2 Å². The Morgan fingerprint density at radius 2 is 1.92 bits per heavy atom. The number of carbonyl (C=O) groups excluding carboxylic acids is 1. The molecule has 7 heteroatoms. The average Bonchev–Trinajstić information content (AvgIpc) is 3.34. The van der Waals surface area contributed by atoms with E-state index in [0.29, 0.717) is 17.1 Å². The lowest BCUT2D eigenvalue weighted by molar-refractivity contribution is 0.102. The van der Waals surface area contributed by atoms with E-state index in [2.05, 4.69) is 25.5 Å². The molecule has 2 heterocycles. The van der Waals surface area contributed by atoms with Gasteiger partial charge in [0.2, 0.25) is 0 Å². The van der Waals surface area contributed by atoms with Gasteiger partial charge in [0, 0.05) is 41.8 Å². The third kappa shape index (κ3) is 3.10. The molecule has 128 valence electrons. The molecule has 0 aliphatic rings. The number of H-pyrrole nitrogens is 1. The molecule has 0 radical (unpaired) electrons. The summed E-state index contributed by atoms with van der Waals surface area (Å²) < 4.78 is 1.93. The molecule has 0 aliphatic carbocycles. The van der Waals surface area contributed by atoms with Crippen LogP contribution in [0.3, 0.4) is 0 Å². The largest absolute Gasteiger partial charge is 0.334 e. The lowest BCUT2D eigenvalue weighted by Gasteiger charge is -2.08. The minimum Gasteiger partial charge on any atom is -0.334 e. The molecule has 2 aromatic carbocycles. The zero-order chi connectivity index (χ0) is 17.9. The Morgan fingerprint density at radius 3 is 2.69 bits per heavy atom. The van der Waals surface area contributed by atoms with Crippen molar-refractivity contribution < 1.29 is 4.79 Å². The molecular weight excluding hydrogens is 328 g/mol. The van der Waals surface area contributed by atoms with Crippen LogP contribution in [0.4, 0.5) is 5.69 Å². The molecular formula is C19H16N6O. The number of rotatable bonds is 4. The number of hydrogen-bond acceptors (Lipinski definition) is 4. The third-order valence-electron chi connectivity index (χ3n) is 4.01. The summed E-state index contributed by atoms with van der Waals surface area (Å²) >= 11 is 0. The molecule has 1 amide bonds. The number of imidazole rings is 1. The normalized spacial score (nSPS) is 10.7. The Labute approximate surface area is 149 Å².